The van der Waals surface area contributed by atoms with Crippen molar-refractivity contribution in [2.45, 2.75) is 32.0 Å². The maximum atomic E-state index is 13.0. The largest absolute Gasteiger partial charge is 0.490 e. The summed E-state index contributed by atoms with van der Waals surface area (Å²) in [4.78, 5) is 34.6. The number of carbonyl (C=O) groups excluding carboxylic acids is 2. The van der Waals surface area contributed by atoms with Crippen LogP contribution >= 0.6 is 0 Å². The van der Waals surface area contributed by atoms with E-state index < -0.39 is 12.1 Å². The van der Waals surface area contributed by atoms with Crippen LogP contribution in [0, 0.1) is 0 Å². The van der Waals surface area contributed by atoms with Crippen LogP contribution in [0.1, 0.15) is 45.5 Å². The van der Waals surface area contributed by atoms with Gasteiger partial charge in [0.15, 0.2) is 11.5 Å². The molecule has 1 aliphatic rings. The van der Waals surface area contributed by atoms with Gasteiger partial charge in [-0.15, -0.1) is 0 Å². The Labute approximate surface area is 253 Å². The summed E-state index contributed by atoms with van der Waals surface area (Å²) in [7, 11) is 0. The second kappa shape index (κ2) is 17.3. The summed E-state index contributed by atoms with van der Waals surface area (Å²) in [5.74, 6) is -2.67. The highest BCUT2D eigenvalue weighted by molar-refractivity contribution is 6.25. The number of benzene rings is 3. The number of hydrogen-bond acceptors (Lipinski definition) is 8. The van der Waals surface area contributed by atoms with Crippen LogP contribution < -0.4 is 26.4 Å². The van der Waals surface area contributed by atoms with E-state index >= 15 is 0 Å². The number of nitrogens with one attached hydrogen (secondary N) is 3. The Balaban J connectivity index is 0.000000676. The molecule has 0 atom stereocenters. The molecule has 12 heteroatoms. The predicted molar refractivity (Wildman–Crippen MR) is 162 cm³/mol. The Morgan fingerprint density at radius 1 is 0.795 bits per heavy atom. The number of carbonyl (C=O) groups is 3. The second-order valence-corrected chi connectivity index (χ2v) is 10.0. The lowest BCUT2D eigenvalue weighted by Gasteiger charge is -2.17. The van der Waals surface area contributed by atoms with E-state index in [1.54, 1.807) is 12.1 Å². The molecule has 4 rings (SSSR count). The van der Waals surface area contributed by atoms with Crippen molar-refractivity contribution in [3.8, 4) is 5.75 Å². The lowest BCUT2D eigenvalue weighted by molar-refractivity contribution is -0.192. The van der Waals surface area contributed by atoms with Crippen molar-refractivity contribution < 1.29 is 37.4 Å². The number of hydrogen-bond donors (Lipinski definition) is 5. The number of aliphatic carboxylic acids is 1. The molecule has 9 nitrogen and oxygen atoms in total. The van der Waals surface area contributed by atoms with E-state index in [-0.39, 0.29) is 17.3 Å². The first kappa shape index (κ1) is 34.4. The molecule has 0 saturated carbocycles. The van der Waals surface area contributed by atoms with Gasteiger partial charge in [-0.2, -0.15) is 13.2 Å². The van der Waals surface area contributed by atoms with E-state index in [0.29, 0.717) is 16.9 Å². The minimum Gasteiger partial charge on any atom is -0.475 e. The molecule has 3 aromatic carbocycles. The molecule has 0 radical (unpaired) electrons. The summed E-state index contributed by atoms with van der Waals surface area (Å²) in [6.07, 6.45) is -0.586. The van der Waals surface area contributed by atoms with Crippen molar-refractivity contribution >= 4 is 28.3 Å². The number of ketones is 2. The summed E-state index contributed by atoms with van der Waals surface area (Å²) >= 11 is 0. The van der Waals surface area contributed by atoms with Crippen molar-refractivity contribution in [3.05, 3.63) is 89.2 Å². The number of nitrogens with two attached hydrogens (primary N) is 1. The molecule has 6 N–H and O–H groups in total. The normalized spacial score (nSPS) is 12.8. The number of allylic oxidation sites excluding steroid dienone is 2. The maximum Gasteiger partial charge on any atom is 0.490 e. The second-order valence-electron chi connectivity index (χ2n) is 10.0. The zero-order valence-corrected chi connectivity index (χ0v) is 24.2. The molecule has 44 heavy (non-hydrogen) atoms. The molecular formula is C32H37F3N4O5. The summed E-state index contributed by atoms with van der Waals surface area (Å²) in [6.45, 7) is 6.45. The highest BCUT2D eigenvalue weighted by Gasteiger charge is 2.38. The highest BCUT2D eigenvalue weighted by Crippen LogP contribution is 2.28. The molecule has 0 saturated heterocycles. The van der Waals surface area contributed by atoms with E-state index in [9.17, 15) is 22.8 Å². The highest BCUT2D eigenvalue weighted by atomic mass is 19.4. The van der Waals surface area contributed by atoms with Gasteiger partial charge in [0.1, 0.15) is 5.75 Å². The van der Waals surface area contributed by atoms with Crippen LogP contribution in [0.15, 0.2) is 72.5 Å². The van der Waals surface area contributed by atoms with Gasteiger partial charge >= 0.3 is 12.1 Å². The average Bonchev–Trinajstić information content (AvgIpc) is 3.00. The lowest BCUT2D eigenvalue weighted by atomic mass is 9.90. The summed E-state index contributed by atoms with van der Waals surface area (Å²) in [5, 5.41) is 19.3. The van der Waals surface area contributed by atoms with Gasteiger partial charge in [-0.05, 0) is 99.1 Å². The molecule has 0 amide bonds. The number of carboxylic acid groups (broad SMARTS) is 1. The number of halogens is 3. The monoisotopic (exact) mass is 614 g/mol. The van der Waals surface area contributed by atoms with Gasteiger partial charge in [0.25, 0.3) is 0 Å². The minimum absolute atomic E-state index is 0.0532. The third-order valence-corrected chi connectivity index (χ3v) is 6.58. The van der Waals surface area contributed by atoms with Gasteiger partial charge in [0.2, 0.25) is 5.78 Å². The molecule has 0 aliphatic heterocycles. The Morgan fingerprint density at radius 3 is 1.86 bits per heavy atom. The van der Waals surface area contributed by atoms with Gasteiger partial charge in [-0.3, -0.25) is 9.59 Å². The van der Waals surface area contributed by atoms with E-state index in [1.165, 1.54) is 6.08 Å². The number of alkyl halides is 3. The molecule has 1 aliphatic carbocycles. The van der Waals surface area contributed by atoms with Crippen LogP contribution in [0.25, 0.3) is 10.8 Å². The molecule has 0 bridgehead atoms. The van der Waals surface area contributed by atoms with Crippen molar-refractivity contribution in [3.63, 3.8) is 0 Å². The zero-order chi connectivity index (χ0) is 32.0. The number of carboxylic acids is 1. The van der Waals surface area contributed by atoms with Crippen molar-refractivity contribution in [2.24, 2.45) is 5.73 Å². The summed E-state index contributed by atoms with van der Waals surface area (Å²) in [5.41, 5.74) is 7.40. The fourth-order valence-electron chi connectivity index (χ4n) is 4.29. The fourth-order valence-corrected chi connectivity index (χ4v) is 4.29. The molecule has 0 unspecified atom stereocenters. The van der Waals surface area contributed by atoms with Crippen molar-refractivity contribution in [1.82, 2.24) is 16.0 Å². The number of rotatable bonds is 15. The third kappa shape index (κ3) is 10.9. The predicted octanol–water partition coefficient (Wildman–Crippen LogP) is 4.21. The number of fused-ring (bicyclic) bond motifs is 2. The molecule has 3 aromatic rings. The smallest absolute Gasteiger partial charge is 0.475 e. The van der Waals surface area contributed by atoms with Gasteiger partial charge in [0, 0.05) is 23.7 Å². The van der Waals surface area contributed by atoms with E-state index in [1.807, 2.05) is 48.5 Å². The summed E-state index contributed by atoms with van der Waals surface area (Å²) in [6, 6.07) is 18.8. The quantitative estimate of drug-likeness (QED) is 0.159. The molecule has 0 fully saturated rings. The van der Waals surface area contributed by atoms with E-state index in [0.717, 1.165) is 81.4 Å². The van der Waals surface area contributed by atoms with Gasteiger partial charge in [-0.25, -0.2) is 4.79 Å². The first-order valence-corrected chi connectivity index (χ1v) is 14.3. The average molecular weight is 615 g/mol. The van der Waals surface area contributed by atoms with E-state index in [4.69, 9.17) is 20.4 Å². The number of ether oxygens (including phenoxy) is 1. The van der Waals surface area contributed by atoms with Crippen LogP contribution in [0.4, 0.5) is 13.2 Å². The standard InChI is InChI=1S/C30H36N4O3.C2HF3O2/c31-12-3-13-32-14-4-15-33-16-5-17-34-21-22-8-10-25(11-9-22)37-29-20-28(35)26-18-23-6-1-2-7-24(23)19-27(26)30(29)36;3-2(4,5)1(6)7/h1-2,6-11,18-20,32-34H,3-5,12-17,21,31H2;(H,6,7). The topological polar surface area (TPSA) is 143 Å². The van der Waals surface area contributed by atoms with Gasteiger partial charge < -0.3 is 31.5 Å². The summed E-state index contributed by atoms with van der Waals surface area (Å²) < 4.78 is 37.6. The van der Waals surface area contributed by atoms with Crippen LogP contribution in [0.5, 0.6) is 5.75 Å². The van der Waals surface area contributed by atoms with Gasteiger partial charge in [-0.1, -0.05) is 36.4 Å². The molecular weight excluding hydrogens is 577 g/mol. The Kier molecular flexibility index (Phi) is 13.5. The molecule has 236 valence electrons. The first-order chi connectivity index (χ1) is 21.1. The fraction of sp³-hybridized carbons (Fsp3) is 0.344. The van der Waals surface area contributed by atoms with Crippen molar-refractivity contribution in [2.75, 3.05) is 39.3 Å². The molecule has 0 heterocycles. The number of Topliss-reactive ketones (excluding diaryl/α,β-unsaturated/α-hetero) is 1. The van der Waals surface area contributed by atoms with Crippen LogP contribution in [0.2, 0.25) is 0 Å². The third-order valence-electron chi connectivity index (χ3n) is 6.58. The molecule has 0 aromatic heterocycles. The Morgan fingerprint density at radius 2 is 1.32 bits per heavy atom. The zero-order valence-electron chi connectivity index (χ0n) is 24.2. The maximum absolute atomic E-state index is 13.0. The Bertz CT molecular complexity index is 1440. The van der Waals surface area contributed by atoms with Crippen LogP contribution in [-0.2, 0) is 11.3 Å². The SMILES string of the molecule is NCCCNCCCNCCCNCc1ccc(OC2=CC(=O)c3cc4ccccc4cc3C2=O)cc1.O=C(O)C(F)(F)F. The minimum atomic E-state index is -5.08. The lowest BCUT2D eigenvalue weighted by Crippen LogP contribution is -2.26. The first-order valence-electron chi connectivity index (χ1n) is 14.3. The van der Waals surface area contributed by atoms with E-state index in [2.05, 4.69) is 16.0 Å². The Hall–Kier alpha value is -4.10. The van der Waals surface area contributed by atoms with Crippen LogP contribution in [0.3, 0.4) is 0 Å². The van der Waals surface area contributed by atoms with Crippen LogP contribution in [-0.4, -0.2) is 68.1 Å². The molecule has 0 spiro atoms. The van der Waals surface area contributed by atoms with Crippen molar-refractivity contribution in [1.29, 1.82) is 0 Å². The van der Waals surface area contributed by atoms with Gasteiger partial charge in [0.05, 0.1) is 0 Å².